The molecule has 1 rings (SSSR count). The molecule has 0 heterocycles. The van der Waals surface area contributed by atoms with E-state index in [9.17, 15) is 18.0 Å². The van der Waals surface area contributed by atoms with Crippen molar-refractivity contribution in [1.29, 1.82) is 0 Å². The normalized spacial score (nSPS) is 11.7. The van der Waals surface area contributed by atoms with Crippen molar-refractivity contribution in [2.75, 3.05) is 13.2 Å². The fraction of sp³-hybridized carbons (Fsp3) is 0.467. The van der Waals surface area contributed by atoms with Crippen LogP contribution in [0.4, 0.5) is 0 Å². The summed E-state index contributed by atoms with van der Waals surface area (Å²) in [6.07, 6.45) is 0. The molecule has 0 amide bonds. The molecule has 0 saturated carbocycles. The van der Waals surface area contributed by atoms with Gasteiger partial charge in [-0.1, -0.05) is 12.1 Å². The van der Waals surface area contributed by atoms with E-state index in [1.54, 1.807) is 20.8 Å². The molecule has 128 valence electrons. The summed E-state index contributed by atoms with van der Waals surface area (Å²) in [5.41, 5.74) is 0.799. The molecular formula is C15H21NO6S. The molecule has 1 N–H and O–H groups in total. The van der Waals surface area contributed by atoms with Crippen molar-refractivity contribution in [3.8, 4) is 0 Å². The first-order valence-corrected chi connectivity index (χ1v) is 8.75. The maximum absolute atomic E-state index is 12.4. The minimum Gasteiger partial charge on any atom is -0.480 e. The topological polar surface area (TPSA) is 101 Å². The molecule has 7 nitrogen and oxygen atoms in total. The van der Waals surface area contributed by atoms with Gasteiger partial charge in [0.25, 0.3) is 0 Å². The number of ether oxygens (including phenoxy) is 1. The second-order valence-corrected chi connectivity index (χ2v) is 7.13. The number of nitrogens with zero attached hydrogens (tertiary/aromatic N) is 1. The van der Waals surface area contributed by atoms with Gasteiger partial charge in [0.15, 0.2) is 0 Å². The summed E-state index contributed by atoms with van der Waals surface area (Å²) in [6.45, 7) is 4.60. The van der Waals surface area contributed by atoms with Crippen LogP contribution in [0, 0.1) is 0 Å². The van der Waals surface area contributed by atoms with Crippen molar-refractivity contribution in [1.82, 2.24) is 4.31 Å². The lowest BCUT2D eigenvalue weighted by molar-refractivity contribution is -0.137. The molecule has 8 heteroatoms. The number of carbonyl (C=O) groups is 2. The van der Waals surface area contributed by atoms with Crippen molar-refractivity contribution in [3.05, 3.63) is 35.4 Å². The summed E-state index contributed by atoms with van der Waals surface area (Å²) in [5, 5.41) is 8.85. The smallest absolute Gasteiger partial charge is 0.338 e. The molecule has 23 heavy (non-hydrogen) atoms. The van der Waals surface area contributed by atoms with Crippen LogP contribution in [-0.4, -0.2) is 49.0 Å². The molecule has 0 unspecified atom stereocenters. The van der Waals surface area contributed by atoms with Gasteiger partial charge in [-0.15, -0.1) is 0 Å². The largest absolute Gasteiger partial charge is 0.480 e. The van der Waals surface area contributed by atoms with Crippen LogP contribution in [0.3, 0.4) is 0 Å². The van der Waals surface area contributed by atoms with Crippen LogP contribution in [0.2, 0.25) is 0 Å². The van der Waals surface area contributed by atoms with Gasteiger partial charge in [0.2, 0.25) is 10.0 Å². The van der Waals surface area contributed by atoms with Gasteiger partial charge in [0, 0.05) is 6.04 Å². The monoisotopic (exact) mass is 343 g/mol. The van der Waals surface area contributed by atoms with E-state index >= 15 is 0 Å². The first kappa shape index (κ1) is 19.1. The molecule has 1 aromatic carbocycles. The van der Waals surface area contributed by atoms with Crippen molar-refractivity contribution >= 4 is 22.0 Å². The van der Waals surface area contributed by atoms with Crippen LogP contribution >= 0.6 is 0 Å². The third kappa shape index (κ3) is 5.65. The summed E-state index contributed by atoms with van der Waals surface area (Å²) in [6, 6.07) is 5.54. The maximum Gasteiger partial charge on any atom is 0.338 e. The van der Waals surface area contributed by atoms with Gasteiger partial charge >= 0.3 is 11.9 Å². The van der Waals surface area contributed by atoms with Crippen LogP contribution in [0.5, 0.6) is 0 Å². The molecule has 0 bridgehead atoms. The van der Waals surface area contributed by atoms with Crippen molar-refractivity contribution in [2.45, 2.75) is 32.6 Å². The lowest BCUT2D eigenvalue weighted by Gasteiger charge is -2.24. The fourth-order valence-electron chi connectivity index (χ4n) is 1.98. The maximum atomic E-state index is 12.4. The van der Waals surface area contributed by atoms with E-state index in [0.29, 0.717) is 11.1 Å². The highest BCUT2D eigenvalue weighted by atomic mass is 32.2. The van der Waals surface area contributed by atoms with E-state index < -0.39 is 34.5 Å². The third-order valence-electron chi connectivity index (χ3n) is 3.04. The van der Waals surface area contributed by atoms with Crippen LogP contribution in [0.1, 0.15) is 36.7 Å². The number of aliphatic carboxylic acids is 1. The summed E-state index contributed by atoms with van der Waals surface area (Å²) in [5.74, 6) is -2.02. The van der Waals surface area contributed by atoms with Crippen LogP contribution in [-0.2, 0) is 25.3 Å². The molecule has 0 atom stereocenters. The Bertz CT molecular complexity index is 651. The quantitative estimate of drug-likeness (QED) is 0.718. The lowest BCUT2D eigenvalue weighted by atomic mass is 10.1. The van der Waals surface area contributed by atoms with E-state index in [0.717, 1.165) is 4.31 Å². The second-order valence-electron chi connectivity index (χ2n) is 5.21. The number of benzene rings is 1. The van der Waals surface area contributed by atoms with Gasteiger partial charge in [-0.05, 0) is 38.5 Å². The van der Waals surface area contributed by atoms with E-state index in [1.807, 2.05) is 0 Å². The molecule has 0 aliphatic heterocycles. The Morgan fingerprint density at radius 3 is 2.22 bits per heavy atom. The summed E-state index contributed by atoms with van der Waals surface area (Å²) in [4.78, 5) is 22.4. The highest BCUT2D eigenvalue weighted by Crippen LogP contribution is 2.15. The Morgan fingerprint density at radius 1 is 1.22 bits per heavy atom. The first-order chi connectivity index (χ1) is 10.7. The highest BCUT2D eigenvalue weighted by molar-refractivity contribution is 7.88. The Morgan fingerprint density at radius 2 is 1.78 bits per heavy atom. The zero-order valence-corrected chi connectivity index (χ0v) is 14.2. The van der Waals surface area contributed by atoms with Gasteiger partial charge in [-0.3, -0.25) is 4.79 Å². The standard InChI is InChI=1S/C15H21NO6S/c1-4-22-15(19)13-7-5-12(6-8-13)10-23(20,21)16(11(2)3)9-14(17)18/h5-8,11H,4,9-10H2,1-3H3,(H,17,18). The summed E-state index contributed by atoms with van der Waals surface area (Å²) < 4.78 is 30.5. The zero-order valence-electron chi connectivity index (χ0n) is 13.4. The number of esters is 1. The van der Waals surface area contributed by atoms with Gasteiger partial charge in [-0.2, -0.15) is 4.31 Å². The predicted molar refractivity (Wildman–Crippen MR) is 84.5 cm³/mol. The first-order valence-electron chi connectivity index (χ1n) is 7.14. The SMILES string of the molecule is CCOC(=O)c1ccc(CS(=O)(=O)N(CC(=O)O)C(C)C)cc1. The number of rotatable bonds is 8. The molecule has 0 spiro atoms. The van der Waals surface area contributed by atoms with Crippen molar-refractivity contribution < 1.29 is 27.9 Å². The molecular weight excluding hydrogens is 322 g/mol. The average Bonchev–Trinajstić information content (AvgIpc) is 2.44. The molecule has 0 aromatic heterocycles. The second kappa shape index (κ2) is 8.07. The number of hydrogen-bond donors (Lipinski definition) is 1. The van der Waals surface area contributed by atoms with Crippen LogP contribution in [0.25, 0.3) is 0 Å². The summed E-state index contributed by atoms with van der Waals surface area (Å²) in [7, 11) is -3.78. The Kier molecular flexibility index (Phi) is 6.71. The van der Waals surface area contributed by atoms with Gasteiger partial charge in [-0.25, -0.2) is 13.2 Å². The molecule has 0 radical (unpaired) electrons. The van der Waals surface area contributed by atoms with Crippen LogP contribution < -0.4 is 0 Å². The lowest BCUT2D eigenvalue weighted by Crippen LogP contribution is -2.41. The molecule has 0 aliphatic carbocycles. The Labute approximate surface area is 135 Å². The highest BCUT2D eigenvalue weighted by Gasteiger charge is 2.27. The van der Waals surface area contributed by atoms with Crippen molar-refractivity contribution in [2.24, 2.45) is 0 Å². The Hall–Kier alpha value is -1.93. The minimum atomic E-state index is -3.78. The van der Waals surface area contributed by atoms with E-state index in [-0.39, 0.29) is 12.4 Å². The van der Waals surface area contributed by atoms with E-state index in [1.165, 1.54) is 24.3 Å². The number of hydrogen-bond acceptors (Lipinski definition) is 5. The number of carboxylic acid groups (broad SMARTS) is 1. The molecule has 0 aliphatic rings. The molecule has 1 aromatic rings. The number of sulfonamides is 1. The fourth-order valence-corrected chi connectivity index (χ4v) is 3.71. The van der Waals surface area contributed by atoms with E-state index in [2.05, 4.69) is 0 Å². The van der Waals surface area contributed by atoms with Crippen molar-refractivity contribution in [3.63, 3.8) is 0 Å². The summed E-state index contributed by atoms with van der Waals surface area (Å²) >= 11 is 0. The van der Waals surface area contributed by atoms with Gasteiger partial charge in [0.1, 0.15) is 6.54 Å². The van der Waals surface area contributed by atoms with E-state index in [4.69, 9.17) is 9.84 Å². The third-order valence-corrected chi connectivity index (χ3v) is 5.00. The molecule has 0 fully saturated rings. The molecule has 0 saturated heterocycles. The Balaban J connectivity index is 2.92. The number of carbonyl (C=O) groups excluding carboxylic acids is 1. The zero-order chi connectivity index (χ0) is 17.6. The predicted octanol–water partition coefficient (Wildman–Crippen LogP) is 1.49. The van der Waals surface area contributed by atoms with Gasteiger partial charge < -0.3 is 9.84 Å². The average molecular weight is 343 g/mol. The minimum absolute atomic E-state index is 0.257. The van der Waals surface area contributed by atoms with Crippen LogP contribution in [0.15, 0.2) is 24.3 Å². The number of carboxylic acids is 1. The van der Waals surface area contributed by atoms with Gasteiger partial charge in [0.05, 0.1) is 17.9 Å².